The zero-order valence-corrected chi connectivity index (χ0v) is 23.4. The van der Waals surface area contributed by atoms with Gasteiger partial charge in [0.05, 0.1) is 11.8 Å². The molecule has 2 amide bonds. The maximum Gasteiger partial charge on any atom is 0.251 e. The quantitative estimate of drug-likeness (QED) is 0.163. The number of amides is 2. The molecule has 0 bridgehead atoms. The van der Waals surface area contributed by atoms with Crippen molar-refractivity contribution < 1.29 is 9.59 Å². The Morgan fingerprint density at radius 1 is 1.20 bits per heavy atom. The summed E-state index contributed by atoms with van der Waals surface area (Å²) in [6.45, 7) is 10.3. The predicted octanol–water partition coefficient (Wildman–Crippen LogP) is 6.07. The Morgan fingerprint density at radius 2 is 1.97 bits per heavy atom. The molecule has 0 saturated heterocycles. The minimum Gasteiger partial charge on any atom is -0.342 e. The van der Waals surface area contributed by atoms with E-state index in [0.717, 1.165) is 14.8 Å². The lowest BCUT2D eigenvalue weighted by Crippen LogP contribution is -2.28. The number of aromatic nitrogens is 3. The van der Waals surface area contributed by atoms with Crippen molar-refractivity contribution in [3.8, 4) is 0 Å². The predicted molar refractivity (Wildman–Crippen MR) is 150 cm³/mol. The Hall–Kier alpha value is -2.37. The molecule has 1 unspecified atom stereocenters. The largest absolute Gasteiger partial charge is 0.342 e. The summed E-state index contributed by atoms with van der Waals surface area (Å²) in [5.74, 6) is 0.634. The highest BCUT2D eigenvalue weighted by atomic mass is 127. The third-order valence-electron chi connectivity index (χ3n) is 5.12. The summed E-state index contributed by atoms with van der Waals surface area (Å²) in [5, 5.41) is 15.5. The minimum atomic E-state index is -0.419. The first-order valence-electron chi connectivity index (χ1n) is 11.0. The van der Waals surface area contributed by atoms with Gasteiger partial charge in [-0.15, -0.1) is 16.8 Å². The number of hydrogen-bond acceptors (Lipinski definition) is 5. The topological polar surface area (TPSA) is 88.9 Å². The number of nitrogens with one attached hydrogen (secondary N) is 2. The highest BCUT2D eigenvalue weighted by molar-refractivity contribution is 14.1. The van der Waals surface area contributed by atoms with Crippen molar-refractivity contribution in [2.24, 2.45) is 0 Å². The molecule has 1 heterocycles. The van der Waals surface area contributed by atoms with Crippen LogP contribution in [0.2, 0.25) is 5.02 Å². The summed E-state index contributed by atoms with van der Waals surface area (Å²) in [4.78, 5) is 25.3. The Kier molecular flexibility index (Phi) is 9.76. The molecule has 3 rings (SSSR count). The molecule has 0 fully saturated rings. The van der Waals surface area contributed by atoms with E-state index in [9.17, 15) is 9.59 Å². The molecule has 2 aromatic carbocycles. The van der Waals surface area contributed by atoms with E-state index in [0.29, 0.717) is 28.1 Å². The monoisotopic (exact) mass is 623 g/mol. The van der Waals surface area contributed by atoms with Crippen molar-refractivity contribution in [1.82, 2.24) is 20.1 Å². The van der Waals surface area contributed by atoms with Crippen molar-refractivity contribution in [2.75, 3.05) is 11.1 Å². The summed E-state index contributed by atoms with van der Waals surface area (Å²) >= 11 is 9.56. The van der Waals surface area contributed by atoms with Crippen molar-refractivity contribution in [2.45, 2.75) is 44.4 Å². The zero-order valence-electron chi connectivity index (χ0n) is 19.7. The second-order valence-electron chi connectivity index (χ2n) is 8.17. The number of carbonyl (C=O) groups excluding carboxylic acids is 2. The van der Waals surface area contributed by atoms with E-state index in [1.54, 1.807) is 30.3 Å². The van der Waals surface area contributed by atoms with Crippen LogP contribution in [0.3, 0.4) is 0 Å². The number of carbonyl (C=O) groups is 2. The molecule has 0 aliphatic carbocycles. The molecule has 0 spiro atoms. The molecule has 7 nitrogen and oxygen atoms in total. The maximum atomic E-state index is 12.7. The molecule has 0 radical (unpaired) electrons. The summed E-state index contributed by atoms with van der Waals surface area (Å²) in [7, 11) is 0. The van der Waals surface area contributed by atoms with Crippen LogP contribution in [-0.2, 0) is 11.3 Å². The van der Waals surface area contributed by atoms with E-state index in [1.165, 1.54) is 11.8 Å². The molecular formula is C25H27ClIN5O2S. The Morgan fingerprint density at radius 3 is 2.66 bits per heavy atom. The Labute approximate surface area is 228 Å². The number of anilines is 1. The molecule has 1 aromatic heterocycles. The second kappa shape index (κ2) is 12.5. The molecule has 1 atom stereocenters. The average molecular weight is 624 g/mol. The number of rotatable bonds is 10. The van der Waals surface area contributed by atoms with Gasteiger partial charge in [-0.1, -0.05) is 49.4 Å². The fourth-order valence-electron chi connectivity index (χ4n) is 3.44. The van der Waals surface area contributed by atoms with Crippen LogP contribution in [-0.4, -0.2) is 32.3 Å². The van der Waals surface area contributed by atoms with Crippen molar-refractivity contribution >= 4 is 63.5 Å². The molecule has 2 N–H and O–H groups in total. The van der Waals surface area contributed by atoms with Crippen LogP contribution in [0.1, 0.15) is 54.5 Å². The van der Waals surface area contributed by atoms with Gasteiger partial charge in [0.15, 0.2) is 11.0 Å². The lowest BCUT2D eigenvalue weighted by molar-refractivity contribution is -0.113. The van der Waals surface area contributed by atoms with Crippen molar-refractivity contribution in [3.63, 3.8) is 0 Å². The summed E-state index contributed by atoms with van der Waals surface area (Å²) in [6.07, 6.45) is 1.73. The standard InChI is InChI=1S/C25H27ClIN5O2S/c1-5-11-32-23(16(4)28-24(34)17-7-6-8-18(26)12-17)30-31-25(32)35-14-22(33)29-21-10-9-19(27)13-20(21)15(2)3/h5-10,12-13,15-16H,1,11,14H2,2-4H3,(H,28,34)(H,29,33). The van der Waals surface area contributed by atoms with E-state index in [2.05, 4.69) is 69.9 Å². The van der Waals surface area contributed by atoms with Crippen LogP contribution in [0.5, 0.6) is 0 Å². The maximum absolute atomic E-state index is 12.7. The normalized spacial score (nSPS) is 11.8. The SMILES string of the molecule is C=CCn1c(SCC(=O)Nc2ccc(I)cc2C(C)C)nnc1C(C)NC(=O)c1cccc(Cl)c1. The smallest absolute Gasteiger partial charge is 0.251 e. The minimum absolute atomic E-state index is 0.130. The Balaban J connectivity index is 1.69. The molecule has 35 heavy (non-hydrogen) atoms. The molecule has 3 aromatic rings. The van der Waals surface area contributed by atoms with Crippen LogP contribution in [0, 0.1) is 3.57 Å². The third kappa shape index (κ3) is 7.31. The first-order chi connectivity index (χ1) is 16.7. The van der Waals surface area contributed by atoms with Gasteiger partial charge in [-0.05, 0) is 77.4 Å². The number of allylic oxidation sites excluding steroid dienone is 1. The van der Waals surface area contributed by atoms with E-state index in [-0.39, 0.29) is 23.5 Å². The van der Waals surface area contributed by atoms with Gasteiger partial charge in [-0.2, -0.15) is 0 Å². The Bertz CT molecular complexity index is 1230. The molecule has 10 heteroatoms. The van der Waals surface area contributed by atoms with Crippen LogP contribution in [0.4, 0.5) is 5.69 Å². The van der Waals surface area contributed by atoms with Gasteiger partial charge < -0.3 is 15.2 Å². The van der Waals surface area contributed by atoms with Gasteiger partial charge in [0, 0.05) is 26.4 Å². The van der Waals surface area contributed by atoms with Crippen LogP contribution in [0.25, 0.3) is 0 Å². The van der Waals surface area contributed by atoms with Gasteiger partial charge in [-0.25, -0.2) is 0 Å². The second-order valence-corrected chi connectivity index (χ2v) is 10.8. The number of benzene rings is 2. The molecule has 184 valence electrons. The van der Waals surface area contributed by atoms with Crippen LogP contribution in [0.15, 0.2) is 60.3 Å². The van der Waals surface area contributed by atoms with E-state index in [4.69, 9.17) is 11.6 Å². The number of thioether (sulfide) groups is 1. The zero-order chi connectivity index (χ0) is 25.5. The molecule has 0 aliphatic rings. The first-order valence-corrected chi connectivity index (χ1v) is 13.5. The summed E-state index contributed by atoms with van der Waals surface area (Å²) in [5.41, 5.74) is 2.37. The van der Waals surface area contributed by atoms with Crippen LogP contribution >= 0.6 is 46.0 Å². The lowest BCUT2D eigenvalue weighted by Gasteiger charge is -2.16. The average Bonchev–Trinajstić information content (AvgIpc) is 3.21. The highest BCUT2D eigenvalue weighted by Gasteiger charge is 2.21. The van der Waals surface area contributed by atoms with Gasteiger partial charge in [0.2, 0.25) is 5.91 Å². The van der Waals surface area contributed by atoms with Crippen molar-refractivity contribution in [1.29, 1.82) is 0 Å². The highest BCUT2D eigenvalue weighted by Crippen LogP contribution is 2.27. The molecule has 0 aliphatic heterocycles. The number of hydrogen-bond donors (Lipinski definition) is 2. The van der Waals surface area contributed by atoms with E-state index in [1.807, 2.05) is 23.6 Å². The van der Waals surface area contributed by atoms with Gasteiger partial charge in [0.1, 0.15) is 0 Å². The van der Waals surface area contributed by atoms with Crippen molar-refractivity contribution in [3.05, 3.63) is 80.7 Å². The van der Waals surface area contributed by atoms with Gasteiger partial charge in [0.25, 0.3) is 5.91 Å². The fourth-order valence-corrected chi connectivity index (χ4v) is 4.90. The van der Waals surface area contributed by atoms with Gasteiger partial charge >= 0.3 is 0 Å². The molecule has 0 saturated carbocycles. The third-order valence-corrected chi connectivity index (χ3v) is 6.99. The number of halogens is 2. The van der Waals surface area contributed by atoms with Gasteiger partial charge in [-0.3, -0.25) is 9.59 Å². The fraction of sp³-hybridized carbons (Fsp3) is 0.280. The summed E-state index contributed by atoms with van der Waals surface area (Å²) in [6, 6.07) is 12.3. The van der Waals surface area contributed by atoms with E-state index < -0.39 is 6.04 Å². The molecular weight excluding hydrogens is 597 g/mol. The first kappa shape index (κ1) is 27.2. The summed E-state index contributed by atoms with van der Waals surface area (Å²) < 4.78 is 2.97. The van der Waals surface area contributed by atoms with Crippen LogP contribution < -0.4 is 10.6 Å². The van der Waals surface area contributed by atoms with E-state index >= 15 is 0 Å². The number of nitrogens with zero attached hydrogens (tertiary/aromatic N) is 3. The lowest BCUT2D eigenvalue weighted by atomic mass is 10.0.